The van der Waals surface area contributed by atoms with Crippen molar-refractivity contribution >= 4 is 21.6 Å². The van der Waals surface area contributed by atoms with E-state index in [2.05, 4.69) is 15.2 Å². The summed E-state index contributed by atoms with van der Waals surface area (Å²) in [5.41, 5.74) is 3.31. The Morgan fingerprint density at radius 3 is 2.19 bits per heavy atom. The molecule has 0 spiro atoms. The van der Waals surface area contributed by atoms with E-state index in [4.69, 9.17) is 8.94 Å². The van der Waals surface area contributed by atoms with Crippen LogP contribution in [0, 0.1) is 20.8 Å². The molecule has 4 aromatic rings. The first-order valence-electron chi connectivity index (χ1n) is 11.0. The standard InChI is InChI=1S/C25H23F2N3O6S/c1-14-23(16(3)36-29-14)37(32,33)30-24(31)22-12-19(15(2)34-22)13-28-20-8-4-17(5-9-20)18-6-10-21(11-7-18)35-25(26)27/h4-12,25,28H,13H2,1-3H3,(H,30,31). The summed E-state index contributed by atoms with van der Waals surface area (Å²) in [5, 5.41) is 6.82. The maximum atomic E-state index is 12.6. The summed E-state index contributed by atoms with van der Waals surface area (Å²) in [5.74, 6) is -0.456. The highest BCUT2D eigenvalue weighted by molar-refractivity contribution is 7.90. The molecule has 0 radical (unpaired) electrons. The second kappa shape index (κ2) is 10.4. The van der Waals surface area contributed by atoms with E-state index < -0.39 is 22.5 Å². The van der Waals surface area contributed by atoms with Crippen LogP contribution in [-0.4, -0.2) is 26.1 Å². The Hall–Kier alpha value is -4.19. The summed E-state index contributed by atoms with van der Waals surface area (Å²) in [7, 11) is -4.19. The number of anilines is 1. The molecule has 9 nitrogen and oxygen atoms in total. The van der Waals surface area contributed by atoms with E-state index >= 15 is 0 Å². The fourth-order valence-electron chi connectivity index (χ4n) is 3.70. The van der Waals surface area contributed by atoms with Crippen molar-refractivity contribution in [1.29, 1.82) is 0 Å². The van der Waals surface area contributed by atoms with Gasteiger partial charge >= 0.3 is 12.5 Å². The van der Waals surface area contributed by atoms with Crippen molar-refractivity contribution in [2.45, 2.75) is 38.8 Å². The van der Waals surface area contributed by atoms with Gasteiger partial charge in [-0.3, -0.25) is 4.79 Å². The summed E-state index contributed by atoms with van der Waals surface area (Å²) in [6.07, 6.45) is 0. The third kappa shape index (κ3) is 5.97. The SMILES string of the molecule is Cc1noc(C)c1S(=O)(=O)NC(=O)c1cc(CNc2ccc(-c3ccc(OC(F)F)cc3)cc2)c(C)o1. The van der Waals surface area contributed by atoms with Gasteiger partial charge in [-0.05, 0) is 62.2 Å². The zero-order chi connectivity index (χ0) is 26.7. The average Bonchev–Trinajstić information content (AvgIpc) is 3.39. The molecule has 194 valence electrons. The van der Waals surface area contributed by atoms with Crippen molar-refractivity contribution in [1.82, 2.24) is 9.88 Å². The van der Waals surface area contributed by atoms with Gasteiger partial charge in [0.1, 0.15) is 17.2 Å². The third-order valence-electron chi connectivity index (χ3n) is 5.49. The van der Waals surface area contributed by atoms with Crippen LogP contribution in [0.5, 0.6) is 5.75 Å². The topological polar surface area (TPSA) is 124 Å². The molecule has 0 atom stereocenters. The molecule has 0 saturated heterocycles. The van der Waals surface area contributed by atoms with Crippen LogP contribution in [0.3, 0.4) is 0 Å². The van der Waals surface area contributed by atoms with Crippen LogP contribution < -0.4 is 14.8 Å². The minimum absolute atomic E-state index is 0.0714. The van der Waals surface area contributed by atoms with Gasteiger partial charge in [0, 0.05) is 17.8 Å². The fraction of sp³-hybridized carbons (Fsp3) is 0.200. The van der Waals surface area contributed by atoms with Crippen LogP contribution in [0.25, 0.3) is 11.1 Å². The van der Waals surface area contributed by atoms with Crippen LogP contribution in [0.4, 0.5) is 14.5 Å². The monoisotopic (exact) mass is 531 g/mol. The van der Waals surface area contributed by atoms with Crippen LogP contribution in [-0.2, 0) is 16.6 Å². The van der Waals surface area contributed by atoms with E-state index in [0.717, 1.165) is 16.8 Å². The Bertz CT molecular complexity index is 1490. The molecule has 12 heteroatoms. The number of amides is 1. The summed E-state index contributed by atoms with van der Waals surface area (Å²) in [4.78, 5) is 12.4. The highest BCUT2D eigenvalue weighted by Gasteiger charge is 2.28. The molecule has 37 heavy (non-hydrogen) atoms. The number of benzene rings is 2. The van der Waals surface area contributed by atoms with Crippen LogP contribution >= 0.6 is 0 Å². The molecular formula is C25H23F2N3O6S. The zero-order valence-electron chi connectivity index (χ0n) is 20.0. The molecule has 2 aromatic carbocycles. The van der Waals surface area contributed by atoms with Gasteiger partial charge < -0.3 is 19.0 Å². The third-order valence-corrected chi connectivity index (χ3v) is 7.06. The van der Waals surface area contributed by atoms with Gasteiger partial charge in [-0.25, -0.2) is 13.1 Å². The Kier molecular flexibility index (Phi) is 7.30. The predicted octanol–water partition coefficient (Wildman–Crippen LogP) is 5.19. The van der Waals surface area contributed by atoms with E-state index in [1.807, 2.05) is 29.0 Å². The van der Waals surface area contributed by atoms with Gasteiger partial charge in [-0.2, -0.15) is 8.78 Å². The molecule has 0 saturated carbocycles. The van der Waals surface area contributed by atoms with Crippen molar-refractivity contribution in [3.8, 4) is 16.9 Å². The lowest BCUT2D eigenvalue weighted by atomic mass is 10.1. The Morgan fingerprint density at radius 1 is 1.00 bits per heavy atom. The minimum atomic E-state index is -4.19. The molecule has 0 aliphatic rings. The lowest BCUT2D eigenvalue weighted by Crippen LogP contribution is -2.31. The molecule has 0 fully saturated rings. The van der Waals surface area contributed by atoms with Gasteiger partial charge in [0.15, 0.2) is 16.4 Å². The molecule has 0 aliphatic heterocycles. The summed E-state index contributed by atoms with van der Waals surface area (Å²) in [6.45, 7) is 2.01. The number of alkyl halides is 2. The number of hydrogen-bond acceptors (Lipinski definition) is 8. The molecular weight excluding hydrogens is 508 g/mol. The van der Waals surface area contributed by atoms with Gasteiger partial charge in [0.05, 0.1) is 0 Å². The number of sulfonamides is 1. The number of carbonyl (C=O) groups excluding carboxylic acids is 1. The Labute approximate surface area is 211 Å². The second-order valence-corrected chi connectivity index (χ2v) is 9.73. The van der Waals surface area contributed by atoms with E-state index in [1.165, 1.54) is 32.0 Å². The second-order valence-electron chi connectivity index (χ2n) is 8.11. The number of carbonyl (C=O) groups is 1. The van der Waals surface area contributed by atoms with E-state index in [-0.39, 0.29) is 27.9 Å². The largest absolute Gasteiger partial charge is 0.456 e. The average molecular weight is 532 g/mol. The van der Waals surface area contributed by atoms with Crippen molar-refractivity contribution in [2.24, 2.45) is 0 Å². The molecule has 2 N–H and O–H groups in total. The zero-order valence-corrected chi connectivity index (χ0v) is 20.9. The lowest BCUT2D eigenvalue weighted by molar-refractivity contribution is -0.0498. The van der Waals surface area contributed by atoms with Gasteiger partial charge in [-0.1, -0.05) is 29.4 Å². The number of halogens is 2. The quantitative estimate of drug-likeness (QED) is 0.302. The number of nitrogens with one attached hydrogen (secondary N) is 2. The molecule has 2 heterocycles. The number of hydrogen-bond donors (Lipinski definition) is 2. The highest BCUT2D eigenvalue weighted by Crippen LogP contribution is 2.25. The molecule has 0 bridgehead atoms. The first kappa shape index (κ1) is 25.9. The highest BCUT2D eigenvalue weighted by atomic mass is 32.2. The first-order valence-corrected chi connectivity index (χ1v) is 12.5. The van der Waals surface area contributed by atoms with E-state index in [1.54, 1.807) is 19.1 Å². The van der Waals surface area contributed by atoms with Gasteiger partial charge in [0.2, 0.25) is 0 Å². The van der Waals surface area contributed by atoms with Crippen molar-refractivity contribution < 1.29 is 35.7 Å². The van der Waals surface area contributed by atoms with Crippen molar-refractivity contribution in [3.63, 3.8) is 0 Å². The summed E-state index contributed by atoms with van der Waals surface area (Å²) < 4.78 is 66.5. The summed E-state index contributed by atoms with van der Waals surface area (Å²) >= 11 is 0. The minimum Gasteiger partial charge on any atom is -0.456 e. The Balaban J connectivity index is 1.39. The van der Waals surface area contributed by atoms with Gasteiger partial charge in [-0.15, -0.1) is 0 Å². The normalized spacial score (nSPS) is 11.5. The maximum Gasteiger partial charge on any atom is 0.387 e. The first-order chi connectivity index (χ1) is 17.5. The molecule has 1 amide bonds. The van der Waals surface area contributed by atoms with Crippen molar-refractivity contribution in [2.75, 3.05) is 5.32 Å². The van der Waals surface area contributed by atoms with Crippen LogP contribution in [0.2, 0.25) is 0 Å². The van der Waals surface area contributed by atoms with Crippen LogP contribution in [0.1, 0.15) is 33.3 Å². The number of aryl methyl sites for hydroxylation is 3. The number of nitrogens with zero attached hydrogens (tertiary/aromatic N) is 1. The van der Waals surface area contributed by atoms with Crippen molar-refractivity contribution in [3.05, 3.63) is 83.1 Å². The molecule has 2 aromatic heterocycles. The molecule has 0 unspecified atom stereocenters. The van der Waals surface area contributed by atoms with Crippen LogP contribution in [0.15, 0.2) is 68.4 Å². The summed E-state index contributed by atoms with van der Waals surface area (Å²) in [6, 6.07) is 15.2. The van der Waals surface area contributed by atoms with Gasteiger partial charge in [0.25, 0.3) is 10.0 Å². The maximum absolute atomic E-state index is 12.6. The number of aromatic nitrogens is 1. The molecule has 0 aliphatic carbocycles. The van der Waals surface area contributed by atoms with E-state index in [9.17, 15) is 22.0 Å². The smallest absolute Gasteiger partial charge is 0.387 e. The molecule has 4 rings (SSSR count). The number of rotatable bonds is 9. The fourth-order valence-corrected chi connectivity index (χ4v) is 4.98. The number of furan rings is 1. The predicted molar refractivity (Wildman–Crippen MR) is 130 cm³/mol. The Morgan fingerprint density at radius 2 is 1.62 bits per heavy atom. The number of ether oxygens (including phenoxy) is 1. The lowest BCUT2D eigenvalue weighted by Gasteiger charge is -2.08. The van der Waals surface area contributed by atoms with E-state index in [0.29, 0.717) is 17.9 Å².